The molecule has 0 unspecified atom stereocenters. The first-order valence-corrected chi connectivity index (χ1v) is 17.1. The van der Waals surface area contributed by atoms with Gasteiger partial charge >= 0.3 is 17.9 Å². The van der Waals surface area contributed by atoms with Gasteiger partial charge in [-0.3, -0.25) is 9.59 Å². The number of amides is 1. The summed E-state index contributed by atoms with van der Waals surface area (Å²) in [6.07, 6.45) is 2.91. The summed E-state index contributed by atoms with van der Waals surface area (Å²) in [5, 5.41) is 0. The lowest BCUT2D eigenvalue weighted by atomic mass is 9.77. The summed E-state index contributed by atoms with van der Waals surface area (Å²) in [5.74, 6) is -6.62. The smallest absolute Gasteiger partial charge is 0.329 e. The second kappa shape index (κ2) is 13.1. The molecule has 3 aliphatic rings. The molecular formula is C37H49F2N3O7. The number of halogens is 2. The van der Waals surface area contributed by atoms with Crippen LogP contribution < -0.4 is 9.47 Å². The topological polar surface area (TPSA) is 117 Å². The molecule has 2 fully saturated rings. The van der Waals surface area contributed by atoms with E-state index < -0.39 is 75.9 Å². The van der Waals surface area contributed by atoms with Crippen molar-refractivity contribution >= 4 is 28.9 Å². The van der Waals surface area contributed by atoms with Gasteiger partial charge in [-0.15, -0.1) is 0 Å². The Hall–Kier alpha value is -3.83. The van der Waals surface area contributed by atoms with Crippen LogP contribution >= 0.6 is 0 Å². The van der Waals surface area contributed by atoms with Gasteiger partial charge in [0.25, 0.3) is 0 Å². The van der Waals surface area contributed by atoms with E-state index in [0.717, 1.165) is 6.08 Å². The summed E-state index contributed by atoms with van der Waals surface area (Å²) in [6, 6.07) is 3.64. The highest BCUT2D eigenvalue weighted by Crippen LogP contribution is 2.50. The minimum atomic E-state index is -3.57. The second-order valence-electron chi connectivity index (χ2n) is 15.8. The van der Waals surface area contributed by atoms with Gasteiger partial charge in [-0.05, 0) is 77.0 Å². The van der Waals surface area contributed by atoms with Gasteiger partial charge < -0.3 is 23.8 Å². The molecule has 1 saturated heterocycles. The minimum Gasteiger partial charge on any atom is -0.497 e. The van der Waals surface area contributed by atoms with E-state index in [4.69, 9.17) is 18.9 Å². The zero-order chi connectivity index (χ0) is 36.1. The number of nitrogens with zero attached hydrogens (tertiary/aromatic N) is 3. The van der Waals surface area contributed by atoms with Crippen LogP contribution in [0.1, 0.15) is 93.2 Å². The maximum absolute atomic E-state index is 16.1. The highest BCUT2D eigenvalue weighted by molar-refractivity contribution is 5.90. The lowest BCUT2D eigenvalue weighted by molar-refractivity contribution is -0.167. The summed E-state index contributed by atoms with van der Waals surface area (Å²) in [5.41, 5.74) is -2.47. The van der Waals surface area contributed by atoms with Gasteiger partial charge in [-0.25, -0.2) is 14.8 Å². The lowest BCUT2D eigenvalue weighted by Crippen LogP contribution is -2.50. The number of ether oxygens (including phenoxy) is 4. The SMILES string of the molecule is CC[C@@H]1[C@@H]2CN(C(=O)[C@H](C(C)(C)C)CC(=O)O[C@]3(C)C[C@H]3CC/C=C/C(F)(F)c3nc4ccc(OC)cc4nc3O2)[C@@H]1C(=O)OC(C)(C)C. The maximum Gasteiger partial charge on any atom is 0.329 e. The highest BCUT2D eigenvalue weighted by atomic mass is 19.3. The van der Waals surface area contributed by atoms with E-state index in [1.165, 1.54) is 18.1 Å². The fourth-order valence-corrected chi connectivity index (χ4v) is 6.97. The third kappa shape index (κ3) is 7.83. The minimum absolute atomic E-state index is 0.00655. The van der Waals surface area contributed by atoms with E-state index in [9.17, 15) is 14.4 Å². The molecule has 5 rings (SSSR count). The molecule has 1 aromatic carbocycles. The van der Waals surface area contributed by atoms with Crippen LogP contribution in [0.15, 0.2) is 30.4 Å². The summed E-state index contributed by atoms with van der Waals surface area (Å²) < 4.78 is 55.6. The second-order valence-corrected chi connectivity index (χ2v) is 15.8. The van der Waals surface area contributed by atoms with Gasteiger partial charge in [-0.1, -0.05) is 33.8 Å². The van der Waals surface area contributed by atoms with Crippen LogP contribution in [0.25, 0.3) is 11.0 Å². The number of hydrogen-bond donors (Lipinski definition) is 0. The van der Waals surface area contributed by atoms with Gasteiger partial charge in [0, 0.05) is 17.9 Å². The molecule has 0 N–H and O–H groups in total. The molecule has 268 valence electrons. The van der Waals surface area contributed by atoms with Gasteiger partial charge in [0.1, 0.15) is 29.1 Å². The summed E-state index contributed by atoms with van der Waals surface area (Å²) in [4.78, 5) is 52.1. The Morgan fingerprint density at radius 2 is 1.82 bits per heavy atom. The van der Waals surface area contributed by atoms with Crippen LogP contribution in [0.3, 0.4) is 0 Å². The van der Waals surface area contributed by atoms with Crippen LogP contribution in [-0.4, -0.2) is 69.7 Å². The largest absolute Gasteiger partial charge is 0.497 e. The fraction of sp³-hybridized carbons (Fsp3) is 0.649. The van der Waals surface area contributed by atoms with E-state index in [1.807, 2.05) is 34.6 Å². The summed E-state index contributed by atoms with van der Waals surface area (Å²) in [7, 11) is 1.49. The predicted octanol–water partition coefficient (Wildman–Crippen LogP) is 6.78. The average molecular weight is 686 g/mol. The lowest BCUT2D eigenvalue weighted by Gasteiger charge is -2.35. The molecule has 1 saturated carbocycles. The molecule has 1 aromatic heterocycles. The zero-order valence-electron chi connectivity index (χ0n) is 30.0. The zero-order valence-corrected chi connectivity index (χ0v) is 30.0. The maximum atomic E-state index is 16.1. The van der Waals surface area contributed by atoms with Crippen LogP contribution in [0.2, 0.25) is 0 Å². The van der Waals surface area contributed by atoms with Crippen molar-refractivity contribution in [3.05, 3.63) is 36.0 Å². The van der Waals surface area contributed by atoms with E-state index in [-0.39, 0.29) is 29.9 Å². The van der Waals surface area contributed by atoms with E-state index in [2.05, 4.69) is 9.97 Å². The predicted molar refractivity (Wildman–Crippen MR) is 178 cm³/mol. The third-order valence-electron chi connectivity index (χ3n) is 9.84. The Morgan fingerprint density at radius 3 is 2.45 bits per heavy atom. The molecule has 49 heavy (non-hydrogen) atoms. The Bertz CT molecular complexity index is 1630. The van der Waals surface area contributed by atoms with Crippen LogP contribution in [0, 0.1) is 23.2 Å². The van der Waals surface area contributed by atoms with Gasteiger partial charge in [0.15, 0.2) is 5.69 Å². The third-order valence-corrected chi connectivity index (χ3v) is 9.84. The monoisotopic (exact) mass is 685 g/mol. The number of alkyl halides is 2. The number of carbonyl (C=O) groups excluding carboxylic acids is 3. The number of allylic oxidation sites excluding steroid dienone is 2. The van der Waals surface area contributed by atoms with Gasteiger partial charge in [-0.2, -0.15) is 8.78 Å². The molecule has 2 aromatic rings. The van der Waals surface area contributed by atoms with E-state index in [1.54, 1.807) is 39.0 Å². The van der Waals surface area contributed by atoms with Crippen molar-refractivity contribution in [1.29, 1.82) is 0 Å². The molecule has 0 spiro atoms. The van der Waals surface area contributed by atoms with Crippen molar-refractivity contribution in [1.82, 2.24) is 14.9 Å². The Kier molecular flexibility index (Phi) is 9.77. The Labute approximate surface area is 286 Å². The number of fused-ring (bicyclic) bond motifs is 5. The number of carbonyl (C=O) groups is 3. The standard InChI is InChI=1S/C37H49F2N3O7/c1-10-23-27-20-42(29(23)33(45)49-35(5,6)7)32(44)24(34(2,3)4)18-28(43)48-36(8)19-21(36)13-11-12-16-37(38,39)30-31(47-27)41-26-17-22(46-9)14-15-25(26)40-30/h12,14-17,21,23-24,27,29H,10-11,13,18-20H2,1-9H3/b16-12+/t21-,23-,24-,27+,29+,36-/m1/s1. The van der Waals surface area contributed by atoms with Crippen molar-refractivity contribution in [3.63, 3.8) is 0 Å². The normalized spacial score (nSPS) is 29.9. The van der Waals surface area contributed by atoms with Crippen LogP contribution in [0.4, 0.5) is 8.78 Å². The van der Waals surface area contributed by atoms with Gasteiger partial charge in [0.2, 0.25) is 11.8 Å². The molecular weight excluding hydrogens is 636 g/mol. The molecule has 12 heteroatoms. The fourth-order valence-electron chi connectivity index (χ4n) is 6.97. The van der Waals surface area contributed by atoms with Crippen molar-refractivity contribution in [3.8, 4) is 11.6 Å². The summed E-state index contributed by atoms with van der Waals surface area (Å²) >= 11 is 0. The van der Waals surface area contributed by atoms with Crippen molar-refractivity contribution in [2.45, 2.75) is 117 Å². The van der Waals surface area contributed by atoms with E-state index in [0.29, 0.717) is 31.4 Å². The Morgan fingerprint density at radius 1 is 1.10 bits per heavy atom. The number of benzene rings is 1. The molecule has 10 nitrogen and oxygen atoms in total. The number of methoxy groups -OCH3 is 1. The van der Waals surface area contributed by atoms with Crippen molar-refractivity contribution in [2.24, 2.45) is 23.2 Å². The van der Waals surface area contributed by atoms with E-state index >= 15 is 8.78 Å². The van der Waals surface area contributed by atoms with Crippen LogP contribution in [0.5, 0.6) is 11.6 Å². The molecule has 1 amide bonds. The quantitative estimate of drug-likeness (QED) is 0.255. The number of rotatable bonds is 3. The summed E-state index contributed by atoms with van der Waals surface area (Å²) in [6.45, 7) is 14.3. The number of aromatic nitrogens is 2. The molecule has 3 heterocycles. The first kappa shape index (κ1) is 36.5. The molecule has 6 atom stereocenters. The highest BCUT2D eigenvalue weighted by Gasteiger charge is 2.55. The first-order chi connectivity index (χ1) is 22.8. The number of esters is 2. The van der Waals surface area contributed by atoms with Crippen molar-refractivity contribution in [2.75, 3.05) is 13.7 Å². The van der Waals surface area contributed by atoms with Crippen LogP contribution in [-0.2, 0) is 29.8 Å². The molecule has 2 aliphatic heterocycles. The average Bonchev–Trinajstić information content (AvgIpc) is 3.47. The molecule has 1 aliphatic carbocycles. The van der Waals surface area contributed by atoms with Gasteiger partial charge in [0.05, 0.1) is 37.0 Å². The molecule has 2 bridgehead atoms. The number of hydrogen-bond acceptors (Lipinski definition) is 9. The molecule has 0 radical (unpaired) electrons. The van der Waals surface area contributed by atoms with Crippen molar-refractivity contribution < 1.29 is 42.1 Å². The first-order valence-electron chi connectivity index (χ1n) is 17.1. The Balaban J connectivity index is 1.65.